The Morgan fingerprint density at radius 3 is 2.35 bits per heavy atom. The third kappa shape index (κ3) is 3.38. The van der Waals surface area contributed by atoms with Crippen molar-refractivity contribution in [3.63, 3.8) is 0 Å². The number of hydrogen-bond donors (Lipinski definition) is 0. The molecule has 0 radical (unpaired) electrons. The molecule has 0 aliphatic heterocycles. The summed E-state index contributed by atoms with van der Waals surface area (Å²) >= 11 is 0. The summed E-state index contributed by atoms with van der Waals surface area (Å²) in [6.45, 7) is 0.757. The molecule has 0 N–H and O–H groups in total. The molecule has 4 nitrogen and oxygen atoms in total. The second-order valence-corrected chi connectivity index (χ2v) is 7.67. The zero-order valence-electron chi connectivity index (χ0n) is 16.8. The number of aromatic nitrogens is 3. The van der Waals surface area contributed by atoms with Gasteiger partial charge in [-0.3, -0.25) is 9.67 Å². The van der Waals surface area contributed by atoms with Gasteiger partial charge in [0.15, 0.2) is 5.58 Å². The van der Waals surface area contributed by atoms with Gasteiger partial charge in [-0.25, -0.2) is 0 Å². The Bertz CT molecular complexity index is 1500. The van der Waals surface area contributed by atoms with Crippen LogP contribution >= 0.6 is 0 Å². The Balaban J connectivity index is 1.34. The first-order valence-electron chi connectivity index (χ1n) is 10.3. The van der Waals surface area contributed by atoms with Gasteiger partial charge in [0, 0.05) is 35.0 Å². The van der Waals surface area contributed by atoms with Crippen LogP contribution in [-0.2, 0) is 6.54 Å². The van der Waals surface area contributed by atoms with Gasteiger partial charge < -0.3 is 4.42 Å². The van der Waals surface area contributed by atoms with Gasteiger partial charge >= 0.3 is 0 Å². The van der Waals surface area contributed by atoms with Crippen LogP contribution in [0.4, 0.5) is 0 Å². The molecule has 0 saturated heterocycles. The number of furan rings is 1. The molecule has 0 fully saturated rings. The first-order valence-corrected chi connectivity index (χ1v) is 10.3. The highest BCUT2D eigenvalue weighted by atomic mass is 16.3. The van der Waals surface area contributed by atoms with Crippen molar-refractivity contribution in [3.05, 3.63) is 109 Å². The fraction of sp³-hybridized carbons (Fsp3) is 0.0370. The van der Waals surface area contributed by atoms with E-state index < -0.39 is 0 Å². The quantitative estimate of drug-likeness (QED) is 0.336. The SMILES string of the molecule is c1ccc(Cn2cc3ccc(-c4cnc5cc(-c6ccccc6)oc5c4)cc3n2)cc1. The molecule has 0 amide bonds. The van der Waals surface area contributed by atoms with Crippen LogP contribution in [0.5, 0.6) is 0 Å². The van der Waals surface area contributed by atoms with Crippen LogP contribution in [0, 0.1) is 0 Å². The lowest BCUT2D eigenvalue weighted by molar-refractivity contribution is 0.631. The maximum Gasteiger partial charge on any atom is 0.153 e. The van der Waals surface area contributed by atoms with Gasteiger partial charge in [-0.1, -0.05) is 72.8 Å². The summed E-state index contributed by atoms with van der Waals surface area (Å²) in [5.74, 6) is 0.829. The van der Waals surface area contributed by atoms with Crippen LogP contribution in [0.2, 0.25) is 0 Å². The predicted octanol–water partition coefficient (Wildman–Crippen LogP) is 6.56. The summed E-state index contributed by atoms with van der Waals surface area (Å²) in [7, 11) is 0. The topological polar surface area (TPSA) is 43.9 Å². The summed E-state index contributed by atoms with van der Waals surface area (Å²) in [4.78, 5) is 4.63. The first kappa shape index (κ1) is 17.7. The highest BCUT2D eigenvalue weighted by Crippen LogP contribution is 2.30. The predicted molar refractivity (Wildman–Crippen MR) is 124 cm³/mol. The molecule has 6 aromatic rings. The van der Waals surface area contributed by atoms with Crippen molar-refractivity contribution < 1.29 is 4.42 Å². The van der Waals surface area contributed by atoms with Gasteiger partial charge in [0.05, 0.1) is 12.1 Å². The lowest BCUT2D eigenvalue weighted by Gasteiger charge is -2.01. The van der Waals surface area contributed by atoms with E-state index in [0.29, 0.717) is 0 Å². The highest BCUT2D eigenvalue weighted by Gasteiger charge is 2.10. The van der Waals surface area contributed by atoms with Crippen molar-refractivity contribution in [1.29, 1.82) is 0 Å². The van der Waals surface area contributed by atoms with Crippen molar-refractivity contribution in [2.24, 2.45) is 0 Å². The normalized spacial score (nSPS) is 11.4. The largest absolute Gasteiger partial charge is 0.454 e. The molecule has 0 aliphatic rings. The molecule has 31 heavy (non-hydrogen) atoms. The zero-order chi connectivity index (χ0) is 20.6. The molecule has 148 valence electrons. The number of rotatable bonds is 4. The van der Waals surface area contributed by atoms with Crippen LogP contribution in [-0.4, -0.2) is 14.8 Å². The summed E-state index contributed by atoms with van der Waals surface area (Å²) in [5, 5.41) is 5.90. The van der Waals surface area contributed by atoms with E-state index in [1.54, 1.807) is 0 Å². The number of pyridine rings is 1. The molecule has 0 saturated carbocycles. The van der Waals surface area contributed by atoms with E-state index in [9.17, 15) is 0 Å². The van der Waals surface area contributed by atoms with Crippen molar-refractivity contribution in [3.8, 4) is 22.5 Å². The van der Waals surface area contributed by atoms with Gasteiger partial charge in [0.1, 0.15) is 11.3 Å². The first-order chi connectivity index (χ1) is 15.3. The monoisotopic (exact) mass is 401 g/mol. The van der Waals surface area contributed by atoms with Crippen LogP contribution < -0.4 is 0 Å². The minimum atomic E-state index is 0.757. The van der Waals surface area contributed by atoms with Gasteiger partial charge in [-0.05, 0) is 23.3 Å². The average molecular weight is 401 g/mol. The van der Waals surface area contributed by atoms with E-state index in [4.69, 9.17) is 9.52 Å². The molecule has 6 rings (SSSR count). The molecule has 3 heterocycles. The summed E-state index contributed by atoms with van der Waals surface area (Å²) < 4.78 is 8.08. The van der Waals surface area contributed by atoms with Crippen LogP contribution in [0.15, 0.2) is 108 Å². The van der Waals surface area contributed by atoms with Gasteiger partial charge in [0.2, 0.25) is 0 Å². The minimum Gasteiger partial charge on any atom is -0.454 e. The van der Waals surface area contributed by atoms with E-state index in [2.05, 4.69) is 59.7 Å². The second-order valence-electron chi connectivity index (χ2n) is 7.67. The van der Waals surface area contributed by atoms with E-state index in [-0.39, 0.29) is 0 Å². The second kappa shape index (κ2) is 7.26. The zero-order valence-corrected chi connectivity index (χ0v) is 16.8. The Hall–Kier alpha value is -4.18. The van der Waals surface area contributed by atoms with E-state index in [0.717, 1.165) is 51.0 Å². The van der Waals surface area contributed by atoms with Crippen molar-refractivity contribution in [1.82, 2.24) is 14.8 Å². The molecule has 4 heteroatoms. The fourth-order valence-corrected chi connectivity index (χ4v) is 3.92. The molecule has 3 aromatic heterocycles. The van der Waals surface area contributed by atoms with Gasteiger partial charge in [-0.2, -0.15) is 5.10 Å². The third-order valence-electron chi connectivity index (χ3n) is 5.50. The molecule has 0 unspecified atom stereocenters. The maximum absolute atomic E-state index is 6.09. The number of hydrogen-bond acceptors (Lipinski definition) is 3. The van der Waals surface area contributed by atoms with Crippen LogP contribution in [0.3, 0.4) is 0 Å². The van der Waals surface area contributed by atoms with Crippen molar-refractivity contribution in [2.45, 2.75) is 6.54 Å². The maximum atomic E-state index is 6.09. The van der Waals surface area contributed by atoms with Crippen molar-refractivity contribution in [2.75, 3.05) is 0 Å². The molecule has 3 aromatic carbocycles. The Kier molecular flexibility index (Phi) is 4.13. The lowest BCUT2D eigenvalue weighted by Crippen LogP contribution is -1.99. The summed E-state index contributed by atoms with van der Waals surface area (Å²) in [6, 6.07) is 30.8. The van der Waals surface area contributed by atoms with E-state index in [1.165, 1.54) is 5.56 Å². The summed E-state index contributed by atoms with van der Waals surface area (Å²) in [5.41, 5.74) is 6.98. The Labute approximate surface area is 179 Å². The van der Waals surface area contributed by atoms with Crippen LogP contribution in [0.1, 0.15) is 5.56 Å². The molecular formula is C27H19N3O. The molecule has 0 bridgehead atoms. The lowest BCUT2D eigenvalue weighted by atomic mass is 10.1. The summed E-state index contributed by atoms with van der Waals surface area (Å²) in [6.07, 6.45) is 3.99. The molecule has 0 spiro atoms. The van der Waals surface area contributed by atoms with Crippen LogP contribution in [0.25, 0.3) is 44.5 Å². The standard InChI is InChI=1S/C27H19N3O/c1-3-7-19(8-4-1)17-30-18-22-12-11-21(13-24(22)29-30)23-14-27-25(28-16-23)15-26(31-27)20-9-5-2-6-10-20/h1-16,18H,17H2. The Morgan fingerprint density at radius 1 is 0.710 bits per heavy atom. The van der Waals surface area contributed by atoms with E-state index in [1.807, 2.05) is 53.3 Å². The smallest absolute Gasteiger partial charge is 0.153 e. The van der Waals surface area contributed by atoms with E-state index >= 15 is 0 Å². The minimum absolute atomic E-state index is 0.757. The van der Waals surface area contributed by atoms with Gasteiger partial charge in [0.25, 0.3) is 0 Å². The molecule has 0 aliphatic carbocycles. The Morgan fingerprint density at radius 2 is 1.52 bits per heavy atom. The highest BCUT2D eigenvalue weighted by molar-refractivity contribution is 5.87. The molecular weight excluding hydrogens is 382 g/mol. The molecule has 0 atom stereocenters. The number of benzene rings is 3. The number of fused-ring (bicyclic) bond motifs is 2. The van der Waals surface area contributed by atoms with Crippen molar-refractivity contribution >= 4 is 22.0 Å². The third-order valence-corrected chi connectivity index (χ3v) is 5.50. The number of nitrogens with zero attached hydrogens (tertiary/aromatic N) is 3. The fourth-order valence-electron chi connectivity index (χ4n) is 3.92. The van der Waals surface area contributed by atoms with Gasteiger partial charge in [-0.15, -0.1) is 0 Å². The average Bonchev–Trinajstić information content (AvgIpc) is 3.42.